The minimum atomic E-state index is -0.0130. The van der Waals surface area contributed by atoms with Crippen molar-refractivity contribution in [3.8, 4) is 0 Å². The van der Waals surface area contributed by atoms with E-state index in [1.807, 2.05) is 0 Å². The second-order valence-corrected chi connectivity index (χ2v) is 4.22. The van der Waals surface area contributed by atoms with Gasteiger partial charge in [0.1, 0.15) is 0 Å². The highest BCUT2D eigenvalue weighted by atomic mass is 35.5. The standard InChI is InChI=1S/C12H14Cl2O3/c1-16-6-7-17-5-4-12(15)9-2-3-10(13)11(14)8-9/h2-3,8H,4-7H2,1H3. The molecule has 0 spiro atoms. The van der Waals surface area contributed by atoms with Crippen LogP contribution in [0.5, 0.6) is 0 Å². The summed E-state index contributed by atoms with van der Waals surface area (Å²) in [6.07, 6.45) is 0.321. The predicted octanol–water partition coefficient (Wildman–Crippen LogP) is 3.23. The van der Waals surface area contributed by atoms with Crippen LogP contribution in [0.1, 0.15) is 16.8 Å². The van der Waals surface area contributed by atoms with E-state index in [0.29, 0.717) is 41.9 Å². The lowest BCUT2D eigenvalue weighted by molar-refractivity contribution is 0.0641. The summed E-state index contributed by atoms with van der Waals surface area (Å²) >= 11 is 11.6. The van der Waals surface area contributed by atoms with Crippen molar-refractivity contribution in [2.24, 2.45) is 0 Å². The van der Waals surface area contributed by atoms with Gasteiger partial charge in [-0.05, 0) is 18.2 Å². The smallest absolute Gasteiger partial charge is 0.165 e. The van der Waals surface area contributed by atoms with Gasteiger partial charge >= 0.3 is 0 Å². The van der Waals surface area contributed by atoms with Crippen LogP contribution in [0.25, 0.3) is 0 Å². The van der Waals surface area contributed by atoms with Gasteiger partial charge in [0.25, 0.3) is 0 Å². The summed E-state index contributed by atoms with van der Waals surface area (Å²) in [6.45, 7) is 1.40. The zero-order valence-electron chi connectivity index (χ0n) is 9.54. The number of halogens is 2. The first kappa shape index (κ1) is 14.5. The number of hydrogen-bond acceptors (Lipinski definition) is 3. The second-order valence-electron chi connectivity index (χ2n) is 3.41. The molecular formula is C12H14Cl2O3. The van der Waals surface area contributed by atoms with Crippen molar-refractivity contribution in [2.75, 3.05) is 26.9 Å². The van der Waals surface area contributed by atoms with E-state index in [1.165, 1.54) is 0 Å². The normalized spacial score (nSPS) is 10.5. The summed E-state index contributed by atoms with van der Waals surface area (Å²) in [7, 11) is 1.60. The fourth-order valence-electron chi connectivity index (χ4n) is 1.22. The lowest BCUT2D eigenvalue weighted by Gasteiger charge is -2.04. The molecule has 0 unspecified atom stereocenters. The number of ether oxygens (including phenoxy) is 2. The van der Waals surface area contributed by atoms with Gasteiger partial charge < -0.3 is 9.47 Å². The van der Waals surface area contributed by atoms with Gasteiger partial charge in [-0.15, -0.1) is 0 Å². The molecule has 0 atom stereocenters. The van der Waals surface area contributed by atoms with E-state index in [4.69, 9.17) is 32.7 Å². The number of carbonyl (C=O) groups excluding carboxylic acids is 1. The Morgan fingerprint density at radius 3 is 2.59 bits per heavy atom. The monoisotopic (exact) mass is 276 g/mol. The second kappa shape index (κ2) is 7.67. The van der Waals surface area contributed by atoms with Crippen molar-refractivity contribution >= 4 is 29.0 Å². The molecule has 94 valence electrons. The molecule has 0 N–H and O–H groups in total. The molecule has 0 bridgehead atoms. The van der Waals surface area contributed by atoms with Crippen molar-refractivity contribution in [2.45, 2.75) is 6.42 Å². The molecule has 0 amide bonds. The first-order chi connectivity index (χ1) is 8.15. The third-order valence-electron chi connectivity index (χ3n) is 2.15. The minimum absolute atomic E-state index is 0.0130. The lowest BCUT2D eigenvalue weighted by atomic mass is 10.1. The highest BCUT2D eigenvalue weighted by Crippen LogP contribution is 2.23. The Bertz CT molecular complexity index is 380. The first-order valence-corrected chi connectivity index (χ1v) is 5.95. The molecule has 1 rings (SSSR count). The van der Waals surface area contributed by atoms with Crippen molar-refractivity contribution in [1.82, 2.24) is 0 Å². The van der Waals surface area contributed by atoms with Gasteiger partial charge in [-0.2, -0.15) is 0 Å². The van der Waals surface area contributed by atoms with Crippen molar-refractivity contribution < 1.29 is 14.3 Å². The summed E-state index contributed by atoms with van der Waals surface area (Å²) in [5.74, 6) is -0.0130. The highest BCUT2D eigenvalue weighted by Gasteiger charge is 2.07. The van der Waals surface area contributed by atoms with E-state index in [2.05, 4.69) is 0 Å². The van der Waals surface area contributed by atoms with Gasteiger partial charge in [0, 0.05) is 19.1 Å². The summed E-state index contributed by atoms with van der Waals surface area (Å²) in [4.78, 5) is 11.7. The maximum atomic E-state index is 11.7. The number of methoxy groups -OCH3 is 1. The molecule has 0 saturated carbocycles. The molecule has 1 aromatic rings. The summed E-state index contributed by atoms with van der Waals surface area (Å²) in [5.41, 5.74) is 0.551. The summed E-state index contributed by atoms with van der Waals surface area (Å²) in [6, 6.07) is 4.84. The Balaban J connectivity index is 2.39. The largest absolute Gasteiger partial charge is 0.382 e. The zero-order chi connectivity index (χ0) is 12.7. The number of Topliss-reactive ketones (excluding diaryl/α,β-unsaturated/α-hetero) is 1. The van der Waals surface area contributed by atoms with Gasteiger partial charge in [-0.3, -0.25) is 4.79 Å². The molecule has 3 nitrogen and oxygen atoms in total. The number of hydrogen-bond donors (Lipinski definition) is 0. The lowest BCUT2D eigenvalue weighted by Crippen LogP contribution is -2.08. The van der Waals surface area contributed by atoms with Crippen molar-refractivity contribution in [1.29, 1.82) is 0 Å². The van der Waals surface area contributed by atoms with Crippen LogP contribution in [0.15, 0.2) is 18.2 Å². The molecule has 0 aliphatic carbocycles. The number of benzene rings is 1. The molecule has 0 aliphatic rings. The third-order valence-corrected chi connectivity index (χ3v) is 2.89. The predicted molar refractivity (Wildman–Crippen MR) is 68.1 cm³/mol. The molecule has 0 saturated heterocycles. The average Bonchev–Trinajstić information content (AvgIpc) is 2.32. The SMILES string of the molecule is COCCOCCC(=O)c1ccc(Cl)c(Cl)c1. The van der Waals surface area contributed by atoms with Crippen molar-refractivity contribution in [3.63, 3.8) is 0 Å². The molecule has 5 heteroatoms. The van der Waals surface area contributed by atoms with Gasteiger partial charge in [0.2, 0.25) is 0 Å². The fraction of sp³-hybridized carbons (Fsp3) is 0.417. The molecule has 0 aromatic heterocycles. The molecule has 0 heterocycles. The van der Waals surface area contributed by atoms with Crippen LogP contribution in [-0.2, 0) is 9.47 Å². The summed E-state index contributed by atoms with van der Waals surface area (Å²) < 4.78 is 10.0. The van der Waals surface area contributed by atoms with Crippen LogP contribution in [0.3, 0.4) is 0 Å². The molecule has 0 aliphatic heterocycles. The van der Waals surface area contributed by atoms with Gasteiger partial charge in [0.05, 0.1) is 29.9 Å². The van der Waals surface area contributed by atoms with Crippen LogP contribution in [-0.4, -0.2) is 32.7 Å². The van der Waals surface area contributed by atoms with E-state index < -0.39 is 0 Å². The van der Waals surface area contributed by atoms with E-state index in [9.17, 15) is 4.79 Å². The topological polar surface area (TPSA) is 35.5 Å². The highest BCUT2D eigenvalue weighted by molar-refractivity contribution is 6.42. The molecule has 0 fully saturated rings. The number of ketones is 1. The summed E-state index contributed by atoms with van der Waals surface area (Å²) in [5, 5.41) is 0.831. The van der Waals surface area contributed by atoms with E-state index in [-0.39, 0.29) is 5.78 Å². The van der Waals surface area contributed by atoms with Crippen molar-refractivity contribution in [3.05, 3.63) is 33.8 Å². The number of rotatable bonds is 7. The first-order valence-electron chi connectivity index (χ1n) is 5.20. The van der Waals surface area contributed by atoms with E-state index >= 15 is 0 Å². The Morgan fingerprint density at radius 1 is 1.18 bits per heavy atom. The van der Waals surface area contributed by atoms with E-state index in [1.54, 1.807) is 25.3 Å². The Morgan fingerprint density at radius 2 is 1.94 bits per heavy atom. The molecule has 1 aromatic carbocycles. The molecular weight excluding hydrogens is 263 g/mol. The minimum Gasteiger partial charge on any atom is -0.382 e. The maximum absolute atomic E-state index is 11.7. The fourth-order valence-corrected chi connectivity index (χ4v) is 1.52. The molecule has 17 heavy (non-hydrogen) atoms. The average molecular weight is 277 g/mol. The Kier molecular flexibility index (Phi) is 6.52. The number of carbonyl (C=O) groups is 1. The Hall–Kier alpha value is -0.610. The quantitative estimate of drug-likeness (QED) is 0.567. The van der Waals surface area contributed by atoms with Crippen LogP contribution in [0.4, 0.5) is 0 Å². The van der Waals surface area contributed by atoms with Crippen LogP contribution >= 0.6 is 23.2 Å². The Labute approximate surface area is 111 Å². The maximum Gasteiger partial charge on any atom is 0.165 e. The van der Waals surface area contributed by atoms with Gasteiger partial charge in [0.15, 0.2) is 5.78 Å². The molecule has 0 radical (unpaired) electrons. The van der Waals surface area contributed by atoms with Crippen LogP contribution in [0.2, 0.25) is 10.0 Å². The van der Waals surface area contributed by atoms with Crippen LogP contribution in [0, 0.1) is 0 Å². The zero-order valence-corrected chi connectivity index (χ0v) is 11.1. The van der Waals surface area contributed by atoms with Gasteiger partial charge in [-0.25, -0.2) is 0 Å². The van der Waals surface area contributed by atoms with Crippen LogP contribution < -0.4 is 0 Å². The van der Waals surface area contributed by atoms with E-state index in [0.717, 1.165) is 0 Å². The van der Waals surface area contributed by atoms with Gasteiger partial charge in [-0.1, -0.05) is 23.2 Å². The third kappa shape index (κ3) is 5.04.